The number of benzene rings is 3. The number of nitrogens with two attached hydrogens (primary N) is 1. The molecule has 30 heteroatoms. The Labute approximate surface area is 632 Å². The van der Waals surface area contributed by atoms with E-state index in [1.807, 2.05) is 19.9 Å². The Bertz CT molecular complexity index is 4570. The molecule has 590 valence electrons. The number of nitrogen functional groups attached to an aromatic ring is 1. The van der Waals surface area contributed by atoms with Crippen LogP contribution >= 0.6 is 0 Å². The highest BCUT2D eigenvalue weighted by molar-refractivity contribution is 6.11. The van der Waals surface area contributed by atoms with Crippen molar-refractivity contribution < 1.29 is 86.1 Å². The lowest BCUT2D eigenvalue weighted by molar-refractivity contribution is -0.163. The molecule has 6 aliphatic rings. The fraction of sp³-hybridized carbons (Fsp3) is 0.557. The van der Waals surface area contributed by atoms with Gasteiger partial charge in [-0.1, -0.05) is 85.9 Å². The third-order valence-corrected chi connectivity index (χ3v) is 21.3. The summed E-state index contributed by atoms with van der Waals surface area (Å²) >= 11 is 0. The number of amides is 8. The summed E-state index contributed by atoms with van der Waals surface area (Å²) in [5.74, 6) is -14.7. The van der Waals surface area contributed by atoms with Gasteiger partial charge < -0.3 is 75.1 Å². The van der Waals surface area contributed by atoms with Crippen LogP contribution in [-0.4, -0.2) is 195 Å². The van der Waals surface area contributed by atoms with Crippen molar-refractivity contribution in [1.29, 1.82) is 0 Å². The number of carbonyl (C=O) groups excluding carboxylic acids is 12. The summed E-state index contributed by atoms with van der Waals surface area (Å²) in [6.07, 6.45) is 1.58. The Morgan fingerprint density at radius 3 is 1.55 bits per heavy atom. The minimum absolute atomic E-state index is 0.0668. The minimum Gasteiger partial charge on any atom is -0.507 e. The Hall–Kier alpha value is -10.5. The number of anilines is 1. The van der Waals surface area contributed by atoms with Gasteiger partial charge in [0.05, 0.1) is 42.0 Å². The predicted molar refractivity (Wildman–Crippen MR) is 401 cm³/mol. The second-order valence-corrected chi connectivity index (χ2v) is 31.1. The molecule has 0 bridgehead atoms. The highest BCUT2D eigenvalue weighted by atomic mass is 16.6. The molecule has 0 spiro atoms. The fourth-order valence-corrected chi connectivity index (χ4v) is 15.1. The lowest BCUT2D eigenvalue weighted by Gasteiger charge is -2.35. The molecule has 12 unspecified atom stereocenters. The number of likely N-dealkylation sites (N-methyl/N-ethyl adjacent to an activating group) is 4. The highest BCUT2D eigenvalue weighted by Gasteiger charge is 2.48. The van der Waals surface area contributed by atoms with Crippen molar-refractivity contribution in [3.63, 3.8) is 0 Å². The second kappa shape index (κ2) is 34.4. The third kappa shape index (κ3) is 17.8. The molecule has 30 nitrogen and oxygen atoms in total. The number of phenolic OH excluding ortho intramolecular Hbond substituents is 2. The Kier molecular flexibility index (Phi) is 26.5. The zero-order valence-electron chi connectivity index (χ0n) is 65.5. The molecule has 8 amide bonds. The van der Waals surface area contributed by atoms with E-state index in [0.29, 0.717) is 61.8 Å². The van der Waals surface area contributed by atoms with Crippen LogP contribution in [-0.2, 0) is 63.8 Å². The molecule has 4 fully saturated rings. The molecule has 2 saturated carbocycles. The van der Waals surface area contributed by atoms with Gasteiger partial charge in [0.25, 0.3) is 11.8 Å². The highest BCUT2D eigenvalue weighted by Crippen LogP contribution is 2.40. The number of phenols is 2. The molecule has 4 heterocycles. The zero-order valence-corrected chi connectivity index (χ0v) is 65.5. The summed E-state index contributed by atoms with van der Waals surface area (Å²) < 4.78 is 23.7. The first kappa shape index (κ1) is 84.1. The lowest BCUT2D eigenvalue weighted by Crippen LogP contribution is -2.59. The minimum atomic E-state index is -1.86. The molecule has 3 aliphatic heterocycles. The number of allylic oxidation sites excluding steroid dienone is 2. The SMILES string of the molecule is CC(C)=CCc1c(O)cc2oc(C)cc(=O)c2c1O.Cc1c2oc3c(C)ccc(C(=O)NC4C(=O)NC(C(C)C)C(=O)C5CCCC5C(=O)N(C)CC(=O)N(C)C(C(C)C)C(=O)OC4C)c3nc-2c(C(=O)NC2C(=O)NC(C(C)C)C(=O)C3CCCC3C(=O)N(C)CC(=O)N(C)C(C(C)C)C(=O)OC2C)c(N)c1=O. The summed E-state index contributed by atoms with van der Waals surface area (Å²) in [6, 6.07) is -3.02. The van der Waals surface area contributed by atoms with Gasteiger partial charge in [-0.05, 0) is 116 Å². The van der Waals surface area contributed by atoms with Gasteiger partial charge in [0.1, 0.15) is 75.8 Å². The fourth-order valence-electron chi connectivity index (χ4n) is 15.1. The summed E-state index contributed by atoms with van der Waals surface area (Å²) in [5.41, 5.74) is 4.96. The first-order chi connectivity index (χ1) is 51.0. The van der Waals surface area contributed by atoms with Gasteiger partial charge in [-0.2, -0.15) is 0 Å². The number of cyclic esters (lactones) is 2. The number of fused-ring (bicyclic) bond motifs is 5. The number of hydrogen-bond donors (Lipinski definition) is 7. The number of aromatic nitrogens is 1. The number of nitrogens with one attached hydrogen (secondary N) is 4. The number of aromatic hydroxyl groups is 2. The second-order valence-electron chi connectivity index (χ2n) is 31.1. The smallest absolute Gasteiger partial charge is 0.329 e. The van der Waals surface area contributed by atoms with Crippen LogP contribution in [0.2, 0.25) is 0 Å². The molecule has 109 heavy (non-hydrogen) atoms. The number of rotatable bonds is 10. The number of carbonyl (C=O) groups is 12. The molecule has 3 aliphatic carbocycles. The van der Waals surface area contributed by atoms with Crippen LogP contribution in [0.15, 0.2) is 54.3 Å². The average molecular weight is 1510 g/mol. The Morgan fingerprint density at radius 1 is 0.642 bits per heavy atom. The van der Waals surface area contributed by atoms with E-state index < -0.39 is 196 Å². The first-order valence-electron chi connectivity index (χ1n) is 37.0. The maximum absolute atomic E-state index is 15.2. The van der Waals surface area contributed by atoms with Crippen LogP contribution < -0.4 is 37.9 Å². The molecule has 2 saturated heterocycles. The quantitative estimate of drug-likeness (QED) is 0.0379. The van der Waals surface area contributed by atoms with Gasteiger partial charge in [0.2, 0.25) is 40.9 Å². The molecule has 3 aromatic rings. The van der Waals surface area contributed by atoms with Crippen LogP contribution in [0.1, 0.15) is 165 Å². The third-order valence-electron chi connectivity index (χ3n) is 21.3. The monoisotopic (exact) mass is 1510 g/mol. The zero-order chi connectivity index (χ0) is 81.1. The number of ether oxygens (including phenoxy) is 2. The Balaban J connectivity index is 0.000000680. The molecule has 12 atom stereocenters. The van der Waals surface area contributed by atoms with Crippen molar-refractivity contribution in [2.45, 2.75) is 197 Å². The maximum atomic E-state index is 15.2. The van der Waals surface area contributed by atoms with Crippen molar-refractivity contribution in [3.05, 3.63) is 89.9 Å². The van der Waals surface area contributed by atoms with Crippen LogP contribution in [0.3, 0.4) is 0 Å². The molecule has 1 aromatic heterocycles. The standard InChI is InChI=1S/C64H88N10O16.C15H16O4/c1-27(2)44-53(78)35-19-17-21-37(35)61(84)71(13)25-40(75)73(15)50(29(5)6)63(86)88-33(11)46(59(82)67-44)69-57(80)39-24-23-31(9)55-48(39)66-49-42(43(65)52(77)32(10)56(49)90-55)58(81)70-47-34(12)89-64(87)51(30(7)8)74(16)41(76)26-72(14)62(85)38-22-18-20-36(38)54(79)45(28(3)4)68-60(47)83;1-8(2)4-5-10-11(16)7-13-14(15(10)18)12(17)6-9(3)19-13/h23-24,27-30,33-38,44-47,50-51H,17-22,25-26,65H2,1-16H3,(H,67,82)(H,68,83)(H,69,80)(H,70,81);4,6-7,16,18H,5H2,1-3H3. The number of aryl methyl sites for hydroxylation is 2. The van der Waals surface area contributed by atoms with Crippen molar-refractivity contribution >= 4 is 98.5 Å². The van der Waals surface area contributed by atoms with Gasteiger partial charge in [0, 0.05) is 75.1 Å². The van der Waals surface area contributed by atoms with Crippen molar-refractivity contribution in [3.8, 4) is 23.0 Å². The Morgan fingerprint density at radius 2 is 1.10 bits per heavy atom. The molecule has 0 radical (unpaired) electrons. The molecule has 8 N–H and O–H groups in total. The van der Waals surface area contributed by atoms with E-state index >= 15 is 9.59 Å². The topological polar surface area (TPSA) is 424 Å². The van der Waals surface area contributed by atoms with Crippen molar-refractivity contribution in [1.82, 2.24) is 45.9 Å². The number of ketones is 2. The van der Waals surface area contributed by atoms with Gasteiger partial charge in [-0.3, -0.25) is 57.5 Å². The van der Waals surface area contributed by atoms with E-state index in [1.54, 1.807) is 69.2 Å². The predicted octanol–water partition coefficient (Wildman–Crippen LogP) is 5.74. The summed E-state index contributed by atoms with van der Waals surface area (Å²) in [5, 5.41) is 31.0. The number of hydrogen-bond acceptors (Lipinski definition) is 22. The average Bonchev–Trinajstić information content (AvgIpc) is 0.828. The molecule has 9 rings (SSSR count). The van der Waals surface area contributed by atoms with Gasteiger partial charge in [-0.15, -0.1) is 0 Å². The normalized spacial score (nSPS) is 24.8. The molecular formula is C79H104N10O20. The van der Waals surface area contributed by atoms with Crippen LogP contribution in [0.5, 0.6) is 11.5 Å². The van der Waals surface area contributed by atoms with Crippen molar-refractivity contribution in [2.24, 2.45) is 47.3 Å². The summed E-state index contributed by atoms with van der Waals surface area (Å²) in [4.78, 5) is 209. The number of nitrogens with zero attached hydrogens (tertiary/aromatic N) is 5. The van der Waals surface area contributed by atoms with E-state index in [2.05, 4.69) is 21.3 Å². The maximum Gasteiger partial charge on any atom is 0.329 e. The molecule has 2 aromatic carbocycles. The van der Waals surface area contributed by atoms with Gasteiger partial charge in [-0.25, -0.2) is 14.6 Å². The van der Waals surface area contributed by atoms with E-state index in [0.717, 1.165) is 15.4 Å². The number of Topliss-reactive ketones (excluding diaryl/α,β-unsaturated/α-hetero) is 2. The lowest BCUT2D eigenvalue weighted by atomic mass is 9.83. The van der Waals surface area contributed by atoms with E-state index in [1.165, 1.54) is 83.0 Å². The summed E-state index contributed by atoms with van der Waals surface area (Å²) in [6.45, 7) is 23.8. The van der Waals surface area contributed by atoms with Crippen LogP contribution in [0.25, 0.3) is 33.5 Å². The van der Waals surface area contributed by atoms with E-state index in [9.17, 15) is 67.7 Å². The van der Waals surface area contributed by atoms with Crippen LogP contribution in [0, 0.1) is 68.1 Å². The number of esters is 2. The first-order valence-corrected chi connectivity index (χ1v) is 37.0. The largest absolute Gasteiger partial charge is 0.507 e. The van der Waals surface area contributed by atoms with E-state index in [4.69, 9.17) is 29.0 Å². The van der Waals surface area contributed by atoms with Crippen LogP contribution in [0.4, 0.5) is 5.69 Å². The molecular weight excluding hydrogens is 1410 g/mol. The summed E-state index contributed by atoms with van der Waals surface area (Å²) in [7, 11) is 5.66. The van der Waals surface area contributed by atoms with E-state index in [-0.39, 0.29) is 61.6 Å². The van der Waals surface area contributed by atoms with Crippen molar-refractivity contribution in [2.75, 3.05) is 47.0 Å². The van der Waals surface area contributed by atoms with Gasteiger partial charge in [0.15, 0.2) is 28.3 Å². The van der Waals surface area contributed by atoms with Gasteiger partial charge >= 0.3 is 11.9 Å².